The number of carbonyl (C=O) groups is 1. The number of aromatic nitrogens is 3. The second kappa shape index (κ2) is 3.97. The van der Waals surface area contributed by atoms with Crippen LogP contribution in [-0.4, -0.2) is 31.6 Å². The molecule has 18 heavy (non-hydrogen) atoms. The Morgan fingerprint density at radius 2 is 2.11 bits per heavy atom. The lowest BCUT2D eigenvalue weighted by atomic mass is 10.2. The normalized spacial score (nSPS) is 11.8. The number of ether oxygens (including phenoxy) is 1. The van der Waals surface area contributed by atoms with E-state index in [1.54, 1.807) is 27.7 Å². The highest BCUT2D eigenvalue weighted by atomic mass is 16.6. The highest BCUT2D eigenvalue weighted by Gasteiger charge is 2.21. The topological polar surface area (TPSA) is 77.2 Å². The lowest BCUT2D eigenvalue weighted by Gasteiger charge is -2.18. The quantitative estimate of drug-likeness (QED) is 0.774. The Balaban J connectivity index is 2.49. The number of fused-ring (bicyclic) bond motifs is 1. The number of carbonyl (C=O) groups excluding carboxylic acids is 1. The van der Waals surface area contributed by atoms with E-state index < -0.39 is 11.7 Å². The summed E-state index contributed by atoms with van der Waals surface area (Å²) < 4.78 is 6.34. The summed E-state index contributed by atoms with van der Waals surface area (Å²) in [5.41, 5.74) is 0.388. The maximum absolute atomic E-state index is 11.9. The molecule has 2 heterocycles. The molecular weight excluding hydrogens is 234 g/mol. The summed E-state index contributed by atoms with van der Waals surface area (Å²) in [5.74, 6) is 0.0364. The van der Waals surface area contributed by atoms with Crippen LogP contribution in [0.15, 0.2) is 12.3 Å². The van der Waals surface area contributed by atoms with E-state index in [1.807, 2.05) is 0 Å². The average Bonchev–Trinajstić information content (AvgIpc) is 2.54. The number of hydrogen-bond acceptors (Lipinski definition) is 5. The first-order valence-electron chi connectivity index (χ1n) is 5.55. The standard InChI is InChI=1S/C12H15N3O3/c1-7-9-5-8(16)6-13-10(9)15(14-7)11(17)18-12(2,3)4/h5-6,16H,1-4H3. The molecule has 96 valence electrons. The zero-order chi connectivity index (χ0) is 13.5. The van der Waals surface area contributed by atoms with Gasteiger partial charge in [0.25, 0.3) is 0 Å². The second-order valence-corrected chi connectivity index (χ2v) is 5.04. The molecule has 0 aromatic carbocycles. The molecule has 0 aliphatic heterocycles. The van der Waals surface area contributed by atoms with Crippen LogP contribution in [0.4, 0.5) is 4.79 Å². The predicted molar refractivity (Wildman–Crippen MR) is 65.6 cm³/mol. The van der Waals surface area contributed by atoms with Gasteiger partial charge in [0.1, 0.15) is 11.4 Å². The molecule has 0 aliphatic carbocycles. The maximum atomic E-state index is 11.9. The molecule has 2 aromatic rings. The van der Waals surface area contributed by atoms with Gasteiger partial charge in [0, 0.05) is 5.39 Å². The summed E-state index contributed by atoms with van der Waals surface area (Å²) in [6.45, 7) is 7.08. The van der Waals surface area contributed by atoms with E-state index in [-0.39, 0.29) is 5.75 Å². The van der Waals surface area contributed by atoms with E-state index in [4.69, 9.17) is 4.74 Å². The van der Waals surface area contributed by atoms with E-state index in [9.17, 15) is 9.90 Å². The molecule has 0 bridgehead atoms. The van der Waals surface area contributed by atoms with Crippen LogP contribution in [0, 0.1) is 6.92 Å². The van der Waals surface area contributed by atoms with Gasteiger partial charge < -0.3 is 9.84 Å². The summed E-state index contributed by atoms with van der Waals surface area (Å²) in [5, 5.41) is 14.1. The Labute approximate surface area is 104 Å². The van der Waals surface area contributed by atoms with Gasteiger partial charge in [-0.05, 0) is 33.8 Å². The number of hydrogen-bond donors (Lipinski definition) is 1. The van der Waals surface area contributed by atoms with Crippen LogP contribution < -0.4 is 0 Å². The highest BCUT2D eigenvalue weighted by Crippen LogP contribution is 2.21. The molecule has 0 atom stereocenters. The average molecular weight is 249 g/mol. The third kappa shape index (κ3) is 2.27. The Morgan fingerprint density at radius 1 is 1.44 bits per heavy atom. The van der Waals surface area contributed by atoms with Crippen LogP contribution in [0.1, 0.15) is 26.5 Å². The summed E-state index contributed by atoms with van der Waals surface area (Å²) in [7, 11) is 0. The van der Waals surface area contributed by atoms with Gasteiger partial charge in [0.05, 0.1) is 11.9 Å². The van der Waals surface area contributed by atoms with Crippen molar-refractivity contribution in [3.05, 3.63) is 18.0 Å². The maximum Gasteiger partial charge on any atom is 0.437 e. The van der Waals surface area contributed by atoms with Crippen molar-refractivity contribution in [1.29, 1.82) is 0 Å². The van der Waals surface area contributed by atoms with E-state index in [0.29, 0.717) is 16.7 Å². The minimum absolute atomic E-state index is 0.0364. The Bertz CT molecular complexity index is 611. The molecule has 0 saturated heterocycles. The highest BCUT2D eigenvalue weighted by molar-refractivity contribution is 5.87. The molecule has 6 heteroatoms. The number of aryl methyl sites for hydroxylation is 1. The molecule has 0 aliphatic rings. The molecule has 0 radical (unpaired) electrons. The first-order chi connectivity index (χ1) is 8.28. The van der Waals surface area contributed by atoms with Crippen LogP contribution >= 0.6 is 0 Å². The lowest BCUT2D eigenvalue weighted by Crippen LogP contribution is -2.27. The molecule has 1 N–H and O–H groups in total. The van der Waals surface area contributed by atoms with Crippen molar-refractivity contribution in [2.45, 2.75) is 33.3 Å². The third-order valence-corrected chi connectivity index (χ3v) is 2.26. The van der Waals surface area contributed by atoms with Crippen LogP contribution in [0.3, 0.4) is 0 Å². The first kappa shape index (κ1) is 12.3. The van der Waals surface area contributed by atoms with E-state index in [2.05, 4.69) is 10.1 Å². The fourth-order valence-electron chi connectivity index (χ4n) is 1.57. The summed E-state index contributed by atoms with van der Waals surface area (Å²) in [6.07, 6.45) is 0.684. The molecule has 0 fully saturated rings. The van der Waals surface area contributed by atoms with Gasteiger partial charge in [-0.3, -0.25) is 0 Å². The first-order valence-corrected chi connectivity index (χ1v) is 5.55. The molecule has 0 unspecified atom stereocenters. The summed E-state index contributed by atoms with van der Waals surface area (Å²) in [6, 6.07) is 1.52. The molecule has 2 aromatic heterocycles. The van der Waals surface area contributed by atoms with Gasteiger partial charge in [-0.1, -0.05) is 0 Å². The molecule has 2 rings (SSSR count). The molecular formula is C12H15N3O3. The summed E-state index contributed by atoms with van der Waals surface area (Å²) >= 11 is 0. The van der Waals surface area contributed by atoms with Crippen molar-refractivity contribution in [3.8, 4) is 5.75 Å². The van der Waals surface area contributed by atoms with Crippen LogP contribution in [-0.2, 0) is 4.74 Å². The van der Waals surface area contributed by atoms with Crippen molar-refractivity contribution in [1.82, 2.24) is 14.8 Å². The fraction of sp³-hybridized carbons (Fsp3) is 0.417. The monoisotopic (exact) mass is 249 g/mol. The largest absolute Gasteiger partial charge is 0.506 e. The number of nitrogens with zero attached hydrogens (tertiary/aromatic N) is 3. The molecule has 0 spiro atoms. The number of aromatic hydroxyl groups is 1. The van der Waals surface area contributed by atoms with Gasteiger partial charge >= 0.3 is 6.09 Å². The summed E-state index contributed by atoms with van der Waals surface area (Å²) in [4.78, 5) is 16.0. The van der Waals surface area contributed by atoms with Gasteiger partial charge in [-0.25, -0.2) is 9.78 Å². The number of rotatable bonds is 0. The van der Waals surface area contributed by atoms with Gasteiger partial charge in [-0.15, -0.1) is 4.68 Å². The third-order valence-electron chi connectivity index (χ3n) is 2.26. The molecule has 6 nitrogen and oxygen atoms in total. The minimum atomic E-state index is -0.597. The zero-order valence-corrected chi connectivity index (χ0v) is 10.8. The van der Waals surface area contributed by atoms with E-state index in [0.717, 1.165) is 4.68 Å². The Hall–Kier alpha value is -2.11. The van der Waals surface area contributed by atoms with Crippen molar-refractivity contribution < 1.29 is 14.6 Å². The fourth-order valence-corrected chi connectivity index (χ4v) is 1.57. The lowest BCUT2D eigenvalue weighted by molar-refractivity contribution is 0.0521. The number of pyridine rings is 1. The van der Waals surface area contributed by atoms with Gasteiger partial charge in [-0.2, -0.15) is 5.10 Å². The smallest absolute Gasteiger partial charge is 0.437 e. The van der Waals surface area contributed by atoms with Gasteiger partial charge in [0.2, 0.25) is 0 Å². The minimum Gasteiger partial charge on any atom is -0.506 e. The van der Waals surface area contributed by atoms with E-state index in [1.165, 1.54) is 12.3 Å². The molecule has 0 saturated carbocycles. The van der Waals surface area contributed by atoms with Crippen molar-refractivity contribution >= 4 is 17.1 Å². The van der Waals surface area contributed by atoms with Gasteiger partial charge in [0.15, 0.2) is 5.65 Å². The second-order valence-electron chi connectivity index (χ2n) is 5.04. The van der Waals surface area contributed by atoms with Crippen LogP contribution in [0.5, 0.6) is 5.75 Å². The van der Waals surface area contributed by atoms with Crippen molar-refractivity contribution in [2.75, 3.05) is 0 Å². The van der Waals surface area contributed by atoms with Crippen LogP contribution in [0.2, 0.25) is 0 Å². The Morgan fingerprint density at radius 3 is 2.72 bits per heavy atom. The zero-order valence-electron chi connectivity index (χ0n) is 10.8. The van der Waals surface area contributed by atoms with Crippen molar-refractivity contribution in [2.24, 2.45) is 0 Å². The SMILES string of the molecule is Cc1nn(C(=O)OC(C)(C)C)c2ncc(O)cc12. The Kier molecular flexibility index (Phi) is 2.73. The van der Waals surface area contributed by atoms with E-state index >= 15 is 0 Å². The molecule has 0 amide bonds. The van der Waals surface area contributed by atoms with Crippen molar-refractivity contribution in [3.63, 3.8) is 0 Å². The van der Waals surface area contributed by atoms with Crippen LogP contribution in [0.25, 0.3) is 11.0 Å². The predicted octanol–water partition coefficient (Wildman–Crippen LogP) is 2.23.